The molecule has 0 spiro atoms. The van der Waals surface area contributed by atoms with Crippen molar-refractivity contribution in [3.8, 4) is 0 Å². The summed E-state index contributed by atoms with van der Waals surface area (Å²) >= 11 is 9.31. The number of hydrogen-bond acceptors (Lipinski definition) is 1. The zero-order valence-corrected chi connectivity index (χ0v) is 11.2. The van der Waals surface area contributed by atoms with Gasteiger partial charge < -0.3 is 5.32 Å². The Morgan fingerprint density at radius 3 is 2.71 bits per heavy atom. The number of para-hydroxylation sites is 1. The van der Waals surface area contributed by atoms with E-state index in [2.05, 4.69) is 21.2 Å². The maximum absolute atomic E-state index is 13.5. The van der Waals surface area contributed by atoms with Gasteiger partial charge >= 0.3 is 0 Å². The smallest absolute Gasteiger partial charge is 0.128 e. The van der Waals surface area contributed by atoms with Crippen LogP contribution >= 0.6 is 27.5 Å². The number of halogens is 3. The van der Waals surface area contributed by atoms with Crippen LogP contribution in [0, 0.1) is 5.82 Å². The highest BCUT2D eigenvalue weighted by Gasteiger charge is 2.04. The van der Waals surface area contributed by atoms with Crippen molar-refractivity contribution < 1.29 is 4.39 Å². The molecule has 0 aliphatic rings. The quantitative estimate of drug-likeness (QED) is 0.853. The first-order valence-electron chi connectivity index (χ1n) is 5.09. The van der Waals surface area contributed by atoms with Crippen molar-refractivity contribution in [1.29, 1.82) is 0 Å². The third kappa shape index (κ3) is 3.20. The van der Waals surface area contributed by atoms with Crippen LogP contribution < -0.4 is 5.32 Å². The molecular formula is C13H10BrClFN. The second-order valence-electron chi connectivity index (χ2n) is 3.57. The molecule has 0 saturated carbocycles. The highest BCUT2D eigenvalue weighted by Crippen LogP contribution is 2.22. The summed E-state index contributed by atoms with van der Waals surface area (Å²) in [4.78, 5) is 0. The van der Waals surface area contributed by atoms with Gasteiger partial charge in [-0.25, -0.2) is 4.39 Å². The standard InChI is InChI=1S/C13H10BrClFN/c14-10-5-6-12(16)9(7-10)8-17-13-4-2-1-3-11(13)15/h1-7,17H,8H2. The van der Waals surface area contributed by atoms with Crippen molar-refractivity contribution in [1.82, 2.24) is 0 Å². The summed E-state index contributed by atoms with van der Waals surface area (Å²) < 4.78 is 14.3. The summed E-state index contributed by atoms with van der Waals surface area (Å²) in [6, 6.07) is 12.2. The molecule has 1 N–H and O–H groups in total. The Bertz CT molecular complexity index is 531. The molecule has 0 amide bonds. The molecule has 0 unspecified atom stereocenters. The maximum Gasteiger partial charge on any atom is 0.128 e. The van der Waals surface area contributed by atoms with E-state index in [0.29, 0.717) is 17.1 Å². The van der Waals surface area contributed by atoms with E-state index in [4.69, 9.17) is 11.6 Å². The molecule has 2 rings (SSSR count). The molecule has 0 bridgehead atoms. The molecule has 4 heteroatoms. The third-order valence-electron chi connectivity index (χ3n) is 2.35. The SMILES string of the molecule is Fc1ccc(Br)cc1CNc1ccccc1Cl. The molecule has 0 heterocycles. The van der Waals surface area contributed by atoms with Gasteiger partial charge in [-0.3, -0.25) is 0 Å². The van der Waals surface area contributed by atoms with Gasteiger partial charge in [0.1, 0.15) is 5.82 Å². The van der Waals surface area contributed by atoms with Gasteiger partial charge in [-0.1, -0.05) is 39.7 Å². The zero-order chi connectivity index (χ0) is 12.3. The first-order chi connectivity index (χ1) is 8.16. The first-order valence-corrected chi connectivity index (χ1v) is 6.26. The van der Waals surface area contributed by atoms with Crippen molar-refractivity contribution in [3.05, 3.63) is 63.3 Å². The van der Waals surface area contributed by atoms with Crippen LogP contribution in [0.3, 0.4) is 0 Å². The van der Waals surface area contributed by atoms with Gasteiger partial charge in [-0.05, 0) is 30.3 Å². The van der Waals surface area contributed by atoms with Crippen LogP contribution in [-0.4, -0.2) is 0 Å². The number of benzene rings is 2. The minimum Gasteiger partial charge on any atom is -0.380 e. The highest BCUT2D eigenvalue weighted by atomic mass is 79.9. The second-order valence-corrected chi connectivity index (χ2v) is 4.89. The van der Waals surface area contributed by atoms with E-state index in [9.17, 15) is 4.39 Å². The van der Waals surface area contributed by atoms with Crippen LogP contribution in [0.4, 0.5) is 10.1 Å². The van der Waals surface area contributed by atoms with E-state index in [-0.39, 0.29) is 5.82 Å². The predicted molar refractivity (Wildman–Crippen MR) is 72.9 cm³/mol. The van der Waals surface area contributed by atoms with Crippen molar-refractivity contribution in [2.24, 2.45) is 0 Å². The average molecular weight is 315 g/mol. The molecule has 0 atom stereocenters. The maximum atomic E-state index is 13.5. The van der Waals surface area contributed by atoms with Crippen molar-refractivity contribution in [2.75, 3.05) is 5.32 Å². The fourth-order valence-corrected chi connectivity index (χ4v) is 2.08. The number of hydrogen-bond donors (Lipinski definition) is 1. The third-order valence-corrected chi connectivity index (χ3v) is 3.17. The van der Waals surface area contributed by atoms with Crippen LogP contribution in [-0.2, 0) is 6.54 Å². The molecule has 0 aliphatic heterocycles. The average Bonchev–Trinajstić information content (AvgIpc) is 2.32. The molecule has 0 saturated heterocycles. The molecule has 17 heavy (non-hydrogen) atoms. The topological polar surface area (TPSA) is 12.0 Å². The molecular weight excluding hydrogens is 305 g/mol. The molecule has 0 aromatic heterocycles. The predicted octanol–water partition coefficient (Wildman–Crippen LogP) is 4.85. The lowest BCUT2D eigenvalue weighted by molar-refractivity contribution is 0.612. The minimum atomic E-state index is -0.229. The van der Waals surface area contributed by atoms with Crippen molar-refractivity contribution in [3.63, 3.8) is 0 Å². The summed E-state index contributed by atoms with van der Waals surface area (Å²) in [5, 5.41) is 3.73. The molecule has 88 valence electrons. The Kier molecular flexibility index (Phi) is 4.02. The van der Waals surface area contributed by atoms with Crippen molar-refractivity contribution in [2.45, 2.75) is 6.54 Å². The van der Waals surface area contributed by atoms with Crippen molar-refractivity contribution >= 4 is 33.2 Å². The van der Waals surface area contributed by atoms with E-state index in [1.165, 1.54) is 6.07 Å². The summed E-state index contributed by atoms with van der Waals surface area (Å²) in [6.45, 7) is 0.398. The lowest BCUT2D eigenvalue weighted by Gasteiger charge is -2.09. The number of nitrogens with one attached hydrogen (secondary N) is 1. The van der Waals surface area contributed by atoms with Gasteiger partial charge in [-0.15, -0.1) is 0 Å². The summed E-state index contributed by atoms with van der Waals surface area (Å²) in [5.41, 5.74) is 1.40. The Morgan fingerprint density at radius 1 is 1.18 bits per heavy atom. The molecule has 2 aromatic rings. The fraction of sp³-hybridized carbons (Fsp3) is 0.0769. The number of anilines is 1. The van der Waals surface area contributed by atoms with Crippen LogP contribution in [0.25, 0.3) is 0 Å². The van der Waals surface area contributed by atoms with Crippen LogP contribution in [0.2, 0.25) is 5.02 Å². The van der Waals surface area contributed by atoms with Gasteiger partial charge in [0.2, 0.25) is 0 Å². The van der Waals surface area contributed by atoms with Gasteiger partial charge in [-0.2, -0.15) is 0 Å². The Labute approximate surface area is 113 Å². The Hall–Kier alpha value is -1.06. The summed E-state index contributed by atoms with van der Waals surface area (Å²) in [5.74, 6) is -0.229. The molecule has 2 aromatic carbocycles. The van der Waals surface area contributed by atoms with Crippen LogP contribution in [0.5, 0.6) is 0 Å². The van der Waals surface area contributed by atoms with E-state index in [1.54, 1.807) is 18.2 Å². The minimum absolute atomic E-state index is 0.229. The van der Waals surface area contributed by atoms with E-state index >= 15 is 0 Å². The van der Waals surface area contributed by atoms with E-state index < -0.39 is 0 Å². The lowest BCUT2D eigenvalue weighted by atomic mass is 10.2. The molecule has 1 nitrogen and oxygen atoms in total. The molecule has 0 aliphatic carbocycles. The summed E-state index contributed by atoms with van der Waals surface area (Å²) in [6.07, 6.45) is 0. The van der Waals surface area contributed by atoms with Crippen LogP contribution in [0.1, 0.15) is 5.56 Å². The highest BCUT2D eigenvalue weighted by molar-refractivity contribution is 9.10. The Morgan fingerprint density at radius 2 is 1.94 bits per heavy atom. The van der Waals surface area contributed by atoms with Crippen LogP contribution in [0.15, 0.2) is 46.9 Å². The largest absolute Gasteiger partial charge is 0.380 e. The van der Waals surface area contributed by atoms with Gasteiger partial charge in [0.25, 0.3) is 0 Å². The fourth-order valence-electron chi connectivity index (χ4n) is 1.47. The Balaban J connectivity index is 2.12. The molecule has 0 radical (unpaired) electrons. The van der Waals surface area contributed by atoms with Gasteiger partial charge in [0.15, 0.2) is 0 Å². The molecule has 0 fully saturated rings. The van der Waals surface area contributed by atoms with E-state index in [1.807, 2.05) is 18.2 Å². The first kappa shape index (κ1) is 12.4. The zero-order valence-electron chi connectivity index (χ0n) is 8.88. The normalized spacial score (nSPS) is 10.3. The lowest BCUT2D eigenvalue weighted by Crippen LogP contribution is -2.02. The van der Waals surface area contributed by atoms with Gasteiger partial charge in [0, 0.05) is 16.6 Å². The van der Waals surface area contributed by atoms with Gasteiger partial charge in [0.05, 0.1) is 10.7 Å². The number of rotatable bonds is 3. The summed E-state index contributed by atoms with van der Waals surface area (Å²) in [7, 11) is 0. The monoisotopic (exact) mass is 313 g/mol. The second kappa shape index (κ2) is 5.52. The van der Waals surface area contributed by atoms with E-state index in [0.717, 1.165) is 10.2 Å².